The number of rotatable bonds is 30. The molecule has 1 aromatic heterocycles. The van der Waals surface area contributed by atoms with Crippen molar-refractivity contribution in [2.45, 2.75) is 101 Å². The van der Waals surface area contributed by atoms with Crippen LogP contribution < -0.4 is 31.9 Å². The molecule has 0 aliphatic rings. The van der Waals surface area contributed by atoms with Gasteiger partial charge in [0.25, 0.3) is 11.8 Å². The maximum Gasteiger partial charge on any atom is 0.326 e. The van der Waals surface area contributed by atoms with Crippen LogP contribution in [-0.4, -0.2) is 149 Å². The molecule has 0 saturated carbocycles. The lowest BCUT2D eigenvalue weighted by molar-refractivity contribution is -0.142. The van der Waals surface area contributed by atoms with Gasteiger partial charge in [-0.3, -0.25) is 23.6 Å². The first-order valence-electron chi connectivity index (χ1n) is 19.5. The monoisotopic (exact) mass is 895 g/mol. The molecule has 0 aliphatic heterocycles. The van der Waals surface area contributed by atoms with Gasteiger partial charge in [0.05, 0.1) is 24.3 Å². The third-order valence-electron chi connectivity index (χ3n) is 8.93. The van der Waals surface area contributed by atoms with Crippen molar-refractivity contribution in [2.75, 3.05) is 19.8 Å². The highest BCUT2D eigenvalue weighted by Gasteiger charge is 2.26. The van der Waals surface area contributed by atoms with Crippen LogP contribution in [0.3, 0.4) is 0 Å². The molecule has 0 aliphatic carbocycles. The number of carbonyl (C=O) groups excluding carboxylic acids is 4. The number of aromatic nitrogens is 3. The predicted octanol–water partition coefficient (Wildman–Crippen LogP) is 0.110. The number of unbranched alkanes of at least 4 members (excludes halogenated alkanes) is 2. The summed E-state index contributed by atoms with van der Waals surface area (Å²) in [5.74, 6) is -9.76. The van der Waals surface area contributed by atoms with E-state index in [0.29, 0.717) is 5.69 Å². The van der Waals surface area contributed by atoms with Crippen LogP contribution in [0.4, 0.5) is 14.0 Å². The molecule has 2 rings (SSSR count). The number of carboxylic acids is 6. The predicted molar refractivity (Wildman–Crippen MR) is 211 cm³/mol. The zero-order valence-electron chi connectivity index (χ0n) is 33.7. The van der Waals surface area contributed by atoms with Gasteiger partial charge in [0.15, 0.2) is 0 Å². The molecule has 26 heteroatoms. The minimum absolute atomic E-state index is 0.00200. The van der Waals surface area contributed by atoms with E-state index in [0.717, 1.165) is 0 Å². The second kappa shape index (κ2) is 26.7. The summed E-state index contributed by atoms with van der Waals surface area (Å²) in [5, 5.41) is 76.7. The van der Waals surface area contributed by atoms with Crippen molar-refractivity contribution < 1.29 is 83.0 Å². The Balaban J connectivity index is 2.04. The number of halogens is 1. The zero-order valence-corrected chi connectivity index (χ0v) is 33.7. The molecule has 4 atom stereocenters. The van der Waals surface area contributed by atoms with Gasteiger partial charge in [0.1, 0.15) is 24.2 Å². The van der Waals surface area contributed by atoms with Crippen LogP contribution >= 0.6 is 0 Å². The summed E-state index contributed by atoms with van der Waals surface area (Å²) >= 11 is 0. The summed E-state index contributed by atoms with van der Waals surface area (Å²) in [4.78, 5) is 119. The molecule has 0 spiro atoms. The molecule has 1 aromatic carbocycles. The van der Waals surface area contributed by atoms with E-state index in [4.69, 9.17) is 10.2 Å². The van der Waals surface area contributed by atoms with Crippen LogP contribution in [0.1, 0.15) is 97.0 Å². The maximum atomic E-state index is 13.3. The molecule has 346 valence electrons. The van der Waals surface area contributed by atoms with Gasteiger partial charge in [-0.1, -0.05) is 5.21 Å². The van der Waals surface area contributed by atoms with E-state index in [1.165, 1.54) is 29.1 Å². The van der Waals surface area contributed by atoms with E-state index in [2.05, 4.69) is 31.6 Å². The summed E-state index contributed by atoms with van der Waals surface area (Å²) in [6.45, 7) is -0.575. The van der Waals surface area contributed by atoms with Gasteiger partial charge < -0.3 is 62.5 Å². The summed E-state index contributed by atoms with van der Waals surface area (Å²) in [6.07, 6.45) is 0.420. The van der Waals surface area contributed by atoms with Crippen molar-refractivity contribution in [3.63, 3.8) is 0 Å². The number of hydrogen-bond donors (Lipinski definition) is 12. The van der Waals surface area contributed by atoms with Crippen molar-refractivity contribution in [2.24, 2.45) is 0 Å². The van der Waals surface area contributed by atoms with Crippen molar-refractivity contribution in [3.05, 3.63) is 41.2 Å². The van der Waals surface area contributed by atoms with E-state index < -0.39 is 116 Å². The molecule has 2 aromatic rings. The second-order valence-electron chi connectivity index (χ2n) is 13.9. The van der Waals surface area contributed by atoms with Gasteiger partial charge >= 0.3 is 47.9 Å². The van der Waals surface area contributed by atoms with Crippen molar-refractivity contribution in [1.29, 1.82) is 0 Å². The van der Waals surface area contributed by atoms with E-state index in [1.807, 2.05) is 10.6 Å². The normalized spacial score (nSPS) is 12.7. The molecule has 63 heavy (non-hydrogen) atoms. The number of carbonyl (C=O) groups is 10. The fraction of sp³-hybridized carbons (Fsp3) is 0.514. The highest BCUT2D eigenvalue weighted by atomic mass is 19.1. The standard InChI is InChI=1S/C37H50FN9O16/c38-13-5-6-22-19-47(46-45-22)23-17-20(30(52)39-14-3-1-7-24(32(54)55)41-36(62)43-26(34(58)59)9-11-28(48)49)16-21(18-23)31(53)40-15-4-2-8-25(33(56)57)42-37(63)44-27(35(60)61)10-12-29(50)51/h16-19,24-27H,1-15H2,(H,39,52)(H,40,53)(H,48,49)(H,50,51)(H,54,55)(H,56,57)(H,58,59)(H,60,61)(H2,41,43,62)(H2,42,44,63)/t24-,25-,26-,27?/m0/s1. The number of aliphatic carboxylic acids is 6. The summed E-state index contributed by atoms with van der Waals surface area (Å²) in [7, 11) is 0. The topological polar surface area (TPSA) is 395 Å². The molecule has 0 radical (unpaired) electrons. The van der Waals surface area contributed by atoms with Crippen LogP contribution in [-0.2, 0) is 35.2 Å². The zero-order chi connectivity index (χ0) is 47.1. The second-order valence-corrected chi connectivity index (χ2v) is 13.9. The number of aryl methyl sites for hydroxylation is 1. The van der Waals surface area contributed by atoms with E-state index in [1.54, 1.807) is 0 Å². The van der Waals surface area contributed by atoms with Gasteiger partial charge in [-0.15, -0.1) is 5.10 Å². The van der Waals surface area contributed by atoms with Crippen molar-refractivity contribution >= 4 is 59.7 Å². The summed E-state index contributed by atoms with van der Waals surface area (Å²) in [6, 6.07) is -4.25. The van der Waals surface area contributed by atoms with Crippen LogP contribution in [0.5, 0.6) is 0 Å². The lowest BCUT2D eigenvalue weighted by Gasteiger charge is -2.18. The van der Waals surface area contributed by atoms with Crippen molar-refractivity contribution in [3.8, 4) is 5.69 Å². The first-order chi connectivity index (χ1) is 29.8. The quantitative estimate of drug-likeness (QED) is 0.0463. The Morgan fingerprint density at radius 2 is 0.952 bits per heavy atom. The Bertz CT molecular complexity index is 1850. The molecular formula is C37H50FN9O16. The molecule has 0 bridgehead atoms. The number of alkyl halides is 1. The number of nitrogens with zero attached hydrogens (tertiary/aromatic N) is 3. The third kappa shape index (κ3) is 19.7. The van der Waals surface area contributed by atoms with Gasteiger partial charge in [-0.05, 0) is 82.4 Å². The average molecular weight is 896 g/mol. The smallest absolute Gasteiger partial charge is 0.326 e. The largest absolute Gasteiger partial charge is 0.481 e. The Kier molecular flexibility index (Phi) is 21.9. The summed E-state index contributed by atoms with van der Waals surface area (Å²) in [5.41, 5.74) is 0.664. The SMILES string of the molecule is O=C(O)CCC(NC(=O)N[C@@H](CCCCNC(=O)c1cc(C(=O)NCCCC[C@H](NC(=O)N[C@@H](CCC(=O)O)C(=O)O)C(=O)O)cc(-n2cc(CCCF)nn2)c1)C(=O)O)C(=O)O. The Morgan fingerprint density at radius 3 is 1.32 bits per heavy atom. The lowest BCUT2D eigenvalue weighted by Crippen LogP contribution is -2.51. The first-order valence-corrected chi connectivity index (χ1v) is 19.5. The minimum atomic E-state index is -1.58. The molecule has 1 unspecified atom stereocenters. The van der Waals surface area contributed by atoms with Gasteiger partial charge in [0.2, 0.25) is 0 Å². The van der Waals surface area contributed by atoms with Crippen LogP contribution in [0, 0.1) is 0 Å². The number of benzene rings is 1. The van der Waals surface area contributed by atoms with E-state index in [9.17, 15) is 72.8 Å². The van der Waals surface area contributed by atoms with Crippen LogP contribution in [0.25, 0.3) is 5.69 Å². The molecular weight excluding hydrogens is 845 g/mol. The van der Waals surface area contributed by atoms with E-state index >= 15 is 0 Å². The number of urea groups is 2. The number of nitrogens with one attached hydrogen (secondary N) is 6. The fourth-order valence-electron chi connectivity index (χ4n) is 5.63. The average Bonchev–Trinajstić information content (AvgIpc) is 3.70. The molecule has 12 N–H and O–H groups in total. The molecule has 6 amide bonds. The first kappa shape index (κ1) is 51.7. The van der Waals surface area contributed by atoms with Crippen molar-refractivity contribution in [1.82, 2.24) is 46.9 Å². The highest BCUT2D eigenvalue weighted by molar-refractivity contribution is 6.00. The lowest BCUT2D eigenvalue weighted by atomic mass is 10.1. The van der Waals surface area contributed by atoms with E-state index in [-0.39, 0.29) is 81.3 Å². The molecule has 0 saturated heterocycles. The minimum Gasteiger partial charge on any atom is -0.481 e. The Morgan fingerprint density at radius 1 is 0.556 bits per heavy atom. The van der Waals surface area contributed by atoms with Gasteiger partial charge in [-0.2, -0.15) is 0 Å². The number of amides is 6. The highest BCUT2D eigenvalue weighted by Crippen LogP contribution is 2.16. The van der Waals surface area contributed by atoms with Crippen LogP contribution in [0.2, 0.25) is 0 Å². The fourth-order valence-corrected chi connectivity index (χ4v) is 5.63. The molecule has 25 nitrogen and oxygen atoms in total. The van der Waals surface area contributed by atoms with Gasteiger partial charge in [-0.25, -0.2) is 33.4 Å². The number of hydrogen-bond acceptors (Lipinski definition) is 12. The maximum absolute atomic E-state index is 13.3. The Hall–Kier alpha value is -7.41. The molecule has 1 heterocycles. The van der Waals surface area contributed by atoms with Gasteiger partial charge in [0, 0.05) is 37.1 Å². The molecule has 0 fully saturated rings. The number of carboxylic acid groups (broad SMARTS) is 6. The Labute approximate surface area is 357 Å². The summed E-state index contributed by atoms with van der Waals surface area (Å²) < 4.78 is 14.0. The van der Waals surface area contributed by atoms with Crippen LogP contribution in [0.15, 0.2) is 24.4 Å². The third-order valence-corrected chi connectivity index (χ3v) is 8.93.